The fourth-order valence-corrected chi connectivity index (χ4v) is 2.83. The van der Waals surface area contributed by atoms with Crippen LogP contribution in [0.2, 0.25) is 0 Å². The molecule has 6 nitrogen and oxygen atoms in total. The number of carbonyl (C=O) groups excluding carboxylic acids is 2. The zero-order chi connectivity index (χ0) is 17.8. The first-order valence-electron chi connectivity index (χ1n) is 8.38. The molecule has 25 heavy (non-hydrogen) atoms. The van der Waals surface area contributed by atoms with Crippen LogP contribution in [0.5, 0.6) is 5.75 Å². The summed E-state index contributed by atoms with van der Waals surface area (Å²) in [7, 11) is 0. The van der Waals surface area contributed by atoms with Crippen molar-refractivity contribution in [3.05, 3.63) is 54.0 Å². The average Bonchev–Trinajstić information content (AvgIpc) is 3.17. The van der Waals surface area contributed by atoms with Crippen LogP contribution in [0.4, 0.5) is 0 Å². The van der Waals surface area contributed by atoms with Gasteiger partial charge in [0.1, 0.15) is 12.0 Å². The molecule has 1 aliphatic rings. The lowest BCUT2D eigenvalue weighted by molar-refractivity contribution is -0.139. The highest BCUT2D eigenvalue weighted by molar-refractivity contribution is 5.94. The number of carbonyl (C=O) groups is 2. The second-order valence-corrected chi connectivity index (χ2v) is 6.20. The number of benzene rings is 1. The van der Waals surface area contributed by atoms with Gasteiger partial charge in [-0.1, -0.05) is 17.7 Å². The molecule has 1 aliphatic heterocycles. The Morgan fingerprint density at radius 3 is 2.28 bits per heavy atom. The number of rotatable bonds is 4. The molecule has 0 aliphatic carbocycles. The minimum Gasteiger partial charge on any atom is -0.481 e. The van der Waals surface area contributed by atoms with Crippen LogP contribution in [0.25, 0.3) is 0 Å². The van der Waals surface area contributed by atoms with E-state index in [2.05, 4.69) is 0 Å². The van der Waals surface area contributed by atoms with Crippen molar-refractivity contribution in [1.29, 1.82) is 0 Å². The molecule has 2 aromatic rings. The predicted octanol–water partition coefficient (Wildman–Crippen LogP) is 2.34. The third-order valence-corrected chi connectivity index (χ3v) is 4.33. The summed E-state index contributed by atoms with van der Waals surface area (Å²) < 4.78 is 10.7. The van der Waals surface area contributed by atoms with Gasteiger partial charge in [-0.15, -0.1) is 0 Å². The van der Waals surface area contributed by atoms with Crippen molar-refractivity contribution in [3.63, 3.8) is 0 Å². The molecule has 0 bridgehead atoms. The summed E-state index contributed by atoms with van der Waals surface area (Å²) in [5.41, 5.74) is 1.68. The number of nitrogens with zero attached hydrogens (tertiary/aromatic N) is 2. The second-order valence-electron chi connectivity index (χ2n) is 6.20. The van der Waals surface area contributed by atoms with Gasteiger partial charge in [0, 0.05) is 26.2 Å². The molecule has 3 rings (SSSR count). The van der Waals surface area contributed by atoms with Crippen molar-refractivity contribution in [2.24, 2.45) is 0 Å². The summed E-state index contributed by atoms with van der Waals surface area (Å²) in [6.45, 7) is 5.78. The van der Waals surface area contributed by atoms with Crippen molar-refractivity contribution in [2.45, 2.75) is 20.0 Å². The van der Waals surface area contributed by atoms with E-state index >= 15 is 0 Å². The number of piperazine rings is 1. The number of aryl methyl sites for hydroxylation is 1. The van der Waals surface area contributed by atoms with Crippen molar-refractivity contribution in [3.8, 4) is 5.75 Å². The van der Waals surface area contributed by atoms with Crippen LogP contribution in [0.1, 0.15) is 22.8 Å². The summed E-state index contributed by atoms with van der Waals surface area (Å²) in [6, 6.07) is 9.28. The Hall–Kier alpha value is -2.76. The van der Waals surface area contributed by atoms with Crippen molar-refractivity contribution in [2.75, 3.05) is 26.2 Å². The minimum absolute atomic E-state index is 0.0593. The van der Waals surface area contributed by atoms with E-state index in [9.17, 15) is 9.59 Å². The lowest BCUT2D eigenvalue weighted by Crippen LogP contribution is -2.53. The first-order chi connectivity index (χ1) is 12.0. The van der Waals surface area contributed by atoms with Crippen molar-refractivity contribution >= 4 is 11.8 Å². The molecule has 0 saturated carbocycles. The third kappa shape index (κ3) is 4.02. The van der Waals surface area contributed by atoms with Gasteiger partial charge < -0.3 is 19.0 Å². The summed E-state index contributed by atoms with van der Waals surface area (Å²) in [5.74, 6) is 0.556. The second kappa shape index (κ2) is 7.42. The molecular weight excluding hydrogens is 320 g/mol. The summed E-state index contributed by atoms with van der Waals surface area (Å²) >= 11 is 0. The van der Waals surface area contributed by atoms with Crippen LogP contribution >= 0.6 is 0 Å². The Bertz CT molecular complexity index is 716. The van der Waals surface area contributed by atoms with E-state index in [1.54, 1.807) is 22.8 Å². The van der Waals surface area contributed by atoms with Crippen LogP contribution in [-0.4, -0.2) is 53.9 Å². The van der Waals surface area contributed by atoms with Crippen LogP contribution < -0.4 is 4.74 Å². The maximum atomic E-state index is 12.6. The Morgan fingerprint density at radius 2 is 1.68 bits per heavy atom. The van der Waals surface area contributed by atoms with E-state index in [1.807, 2.05) is 31.2 Å². The number of hydrogen-bond acceptors (Lipinski definition) is 4. The molecule has 1 unspecified atom stereocenters. The Labute approximate surface area is 147 Å². The zero-order valence-corrected chi connectivity index (χ0v) is 14.5. The van der Waals surface area contributed by atoms with Crippen LogP contribution in [0, 0.1) is 6.92 Å². The maximum Gasteiger partial charge on any atom is 0.263 e. The van der Waals surface area contributed by atoms with Gasteiger partial charge >= 0.3 is 0 Å². The first-order valence-corrected chi connectivity index (χ1v) is 8.38. The molecule has 6 heteroatoms. The van der Waals surface area contributed by atoms with E-state index in [1.165, 1.54) is 12.5 Å². The molecule has 0 N–H and O–H groups in total. The van der Waals surface area contributed by atoms with Gasteiger partial charge in [-0.05, 0) is 32.0 Å². The van der Waals surface area contributed by atoms with Gasteiger partial charge in [-0.25, -0.2) is 0 Å². The number of amides is 2. The monoisotopic (exact) mass is 342 g/mol. The van der Waals surface area contributed by atoms with Gasteiger partial charge in [0.25, 0.3) is 11.8 Å². The molecule has 2 amide bonds. The zero-order valence-electron chi connectivity index (χ0n) is 14.5. The fourth-order valence-electron chi connectivity index (χ4n) is 2.83. The van der Waals surface area contributed by atoms with Gasteiger partial charge in [-0.2, -0.15) is 0 Å². The smallest absolute Gasteiger partial charge is 0.263 e. The van der Waals surface area contributed by atoms with Crippen LogP contribution in [-0.2, 0) is 4.79 Å². The highest BCUT2D eigenvalue weighted by Gasteiger charge is 2.28. The normalized spacial score (nSPS) is 15.8. The number of hydrogen-bond donors (Lipinski definition) is 0. The first kappa shape index (κ1) is 17.1. The number of furan rings is 1. The molecule has 2 heterocycles. The van der Waals surface area contributed by atoms with Crippen molar-refractivity contribution in [1.82, 2.24) is 9.80 Å². The summed E-state index contributed by atoms with van der Waals surface area (Å²) in [5, 5.41) is 0. The van der Waals surface area contributed by atoms with Gasteiger partial charge in [0.15, 0.2) is 6.10 Å². The Kier molecular flexibility index (Phi) is 5.07. The van der Waals surface area contributed by atoms with E-state index in [4.69, 9.17) is 9.15 Å². The van der Waals surface area contributed by atoms with E-state index in [0.717, 1.165) is 5.56 Å². The molecule has 1 saturated heterocycles. The maximum absolute atomic E-state index is 12.6. The van der Waals surface area contributed by atoms with Gasteiger partial charge in [-0.3, -0.25) is 9.59 Å². The standard InChI is InChI=1S/C19H22N2O4/c1-14-3-5-17(6-4-14)25-15(2)18(22)20-8-10-21(11-9-20)19(23)16-7-12-24-13-16/h3-7,12-13,15H,8-11H2,1-2H3. The molecule has 0 radical (unpaired) electrons. The van der Waals surface area contributed by atoms with E-state index < -0.39 is 6.10 Å². The van der Waals surface area contributed by atoms with Gasteiger partial charge in [0.05, 0.1) is 11.8 Å². The molecule has 1 atom stereocenters. The molecule has 1 aromatic heterocycles. The lowest BCUT2D eigenvalue weighted by Gasteiger charge is -2.35. The molecule has 0 spiro atoms. The van der Waals surface area contributed by atoms with Crippen LogP contribution in [0.3, 0.4) is 0 Å². The third-order valence-electron chi connectivity index (χ3n) is 4.33. The summed E-state index contributed by atoms with van der Waals surface area (Å²) in [4.78, 5) is 28.3. The Morgan fingerprint density at radius 1 is 1.04 bits per heavy atom. The van der Waals surface area contributed by atoms with Gasteiger partial charge in [0.2, 0.25) is 0 Å². The molecule has 1 aromatic carbocycles. The molecular formula is C19H22N2O4. The van der Waals surface area contributed by atoms with Crippen molar-refractivity contribution < 1.29 is 18.7 Å². The SMILES string of the molecule is Cc1ccc(OC(C)C(=O)N2CCN(C(=O)c3ccoc3)CC2)cc1. The molecule has 1 fully saturated rings. The lowest BCUT2D eigenvalue weighted by atomic mass is 10.2. The quantitative estimate of drug-likeness (QED) is 0.856. The summed E-state index contributed by atoms with van der Waals surface area (Å²) in [6.07, 6.45) is 2.37. The largest absolute Gasteiger partial charge is 0.481 e. The highest BCUT2D eigenvalue weighted by Crippen LogP contribution is 2.15. The average molecular weight is 342 g/mol. The molecule has 132 valence electrons. The fraction of sp³-hybridized carbons (Fsp3) is 0.368. The minimum atomic E-state index is -0.557. The van der Waals surface area contributed by atoms with Crippen LogP contribution in [0.15, 0.2) is 47.3 Å². The van der Waals surface area contributed by atoms with E-state index in [-0.39, 0.29) is 11.8 Å². The Balaban J connectivity index is 1.52. The number of ether oxygens (including phenoxy) is 1. The predicted molar refractivity (Wildman–Crippen MR) is 92.5 cm³/mol. The van der Waals surface area contributed by atoms with E-state index in [0.29, 0.717) is 37.5 Å². The topological polar surface area (TPSA) is 63.0 Å². The highest BCUT2D eigenvalue weighted by atomic mass is 16.5.